The number of amides is 1. The van der Waals surface area contributed by atoms with Crippen molar-refractivity contribution in [3.05, 3.63) is 59.4 Å². The minimum atomic E-state index is -5.01. The Bertz CT molecular complexity index is 1020. The summed E-state index contributed by atoms with van der Waals surface area (Å²) in [6.07, 6.45) is -4.37. The lowest BCUT2D eigenvalue weighted by atomic mass is 10.2. The molecule has 0 bridgehead atoms. The third-order valence-electron chi connectivity index (χ3n) is 3.51. The van der Waals surface area contributed by atoms with Gasteiger partial charge in [0.15, 0.2) is 11.5 Å². The number of anilines is 1. The van der Waals surface area contributed by atoms with Gasteiger partial charge in [-0.3, -0.25) is 4.79 Å². The molecule has 146 valence electrons. The van der Waals surface area contributed by atoms with E-state index in [0.29, 0.717) is 16.9 Å². The van der Waals surface area contributed by atoms with E-state index in [0.717, 1.165) is 18.2 Å². The molecule has 0 aliphatic rings. The quantitative estimate of drug-likeness (QED) is 0.682. The molecule has 0 fully saturated rings. The Kier molecular flexibility index (Phi) is 4.94. The van der Waals surface area contributed by atoms with Gasteiger partial charge >= 0.3 is 6.18 Å². The molecule has 3 aromatic rings. The van der Waals surface area contributed by atoms with E-state index >= 15 is 0 Å². The molecular formula is C16H10F5N5O2. The van der Waals surface area contributed by atoms with Gasteiger partial charge in [-0.25, -0.2) is 13.5 Å². The van der Waals surface area contributed by atoms with E-state index in [4.69, 9.17) is 4.74 Å². The first-order chi connectivity index (χ1) is 13.2. The van der Waals surface area contributed by atoms with Crippen LogP contribution >= 0.6 is 0 Å². The lowest BCUT2D eigenvalue weighted by Crippen LogP contribution is -2.21. The van der Waals surface area contributed by atoms with Crippen molar-refractivity contribution in [2.75, 3.05) is 12.4 Å². The Labute approximate surface area is 153 Å². The number of aromatic nitrogens is 4. The number of carbonyl (C=O) groups excluding carboxylic acids is 1. The molecule has 0 atom stereocenters. The number of hydrogen-bond donors (Lipinski definition) is 1. The number of halogens is 5. The summed E-state index contributed by atoms with van der Waals surface area (Å²) in [6.45, 7) is 0. The van der Waals surface area contributed by atoms with Crippen molar-refractivity contribution in [3.8, 4) is 11.7 Å². The van der Waals surface area contributed by atoms with Gasteiger partial charge in [-0.1, -0.05) is 0 Å². The Morgan fingerprint density at radius 3 is 2.50 bits per heavy atom. The lowest BCUT2D eigenvalue weighted by molar-refractivity contribution is -0.143. The lowest BCUT2D eigenvalue weighted by Gasteiger charge is -2.12. The molecule has 0 saturated heterocycles. The highest BCUT2D eigenvalue weighted by molar-refractivity contribution is 6.05. The first-order valence-corrected chi connectivity index (χ1v) is 7.50. The fourth-order valence-electron chi connectivity index (χ4n) is 2.28. The zero-order valence-corrected chi connectivity index (χ0v) is 14.0. The van der Waals surface area contributed by atoms with Crippen LogP contribution in [0.5, 0.6) is 5.88 Å². The molecule has 28 heavy (non-hydrogen) atoms. The van der Waals surface area contributed by atoms with Crippen molar-refractivity contribution < 1.29 is 31.5 Å². The summed E-state index contributed by atoms with van der Waals surface area (Å²) in [5.41, 5.74) is -2.98. The Morgan fingerprint density at radius 1 is 1.14 bits per heavy atom. The molecule has 12 heteroatoms. The first-order valence-electron chi connectivity index (χ1n) is 7.50. The topological polar surface area (TPSA) is 81.9 Å². The number of nitrogens with one attached hydrogen (secondary N) is 1. The van der Waals surface area contributed by atoms with Gasteiger partial charge in [-0.15, -0.1) is 10.2 Å². The summed E-state index contributed by atoms with van der Waals surface area (Å²) in [6, 6.07) is 4.58. The Balaban J connectivity index is 2.02. The van der Waals surface area contributed by atoms with E-state index in [-0.39, 0.29) is 11.7 Å². The van der Waals surface area contributed by atoms with Crippen LogP contribution in [0.1, 0.15) is 16.1 Å². The van der Waals surface area contributed by atoms with Crippen LogP contribution < -0.4 is 10.1 Å². The number of benzene rings is 1. The van der Waals surface area contributed by atoms with Crippen molar-refractivity contribution in [1.29, 1.82) is 0 Å². The maximum Gasteiger partial charge on any atom is 0.434 e. The number of ether oxygens (including phenoxy) is 1. The summed E-state index contributed by atoms with van der Waals surface area (Å²) < 4.78 is 72.7. The molecular weight excluding hydrogens is 389 g/mol. The van der Waals surface area contributed by atoms with Gasteiger partial charge in [-0.2, -0.15) is 18.3 Å². The summed E-state index contributed by atoms with van der Waals surface area (Å²) in [7, 11) is 1.30. The molecule has 2 aromatic heterocycles. The minimum absolute atomic E-state index is 0.0593. The monoisotopic (exact) mass is 399 g/mol. The van der Waals surface area contributed by atoms with Crippen LogP contribution in [-0.4, -0.2) is 33.0 Å². The molecule has 0 radical (unpaired) electrons. The third kappa shape index (κ3) is 3.75. The average Bonchev–Trinajstić information content (AvgIpc) is 3.10. The molecule has 0 aliphatic carbocycles. The van der Waals surface area contributed by atoms with Crippen LogP contribution in [0.25, 0.3) is 5.82 Å². The summed E-state index contributed by atoms with van der Waals surface area (Å²) in [5, 5.41) is 12.5. The molecule has 1 amide bonds. The van der Waals surface area contributed by atoms with Gasteiger partial charge in [0.2, 0.25) is 5.88 Å². The molecule has 0 aliphatic heterocycles. The SMILES string of the molecule is COc1ccc(-n2ncc(C(=O)Nc3cc(F)ccc3F)c2C(F)(F)F)nn1. The first kappa shape index (κ1) is 19.2. The largest absolute Gasteiger partial charge is 0.480 e. The fourth-order valence-corrected chi connectivity index (χ4v) is 2.28. The third-order valence-corrected chi connectivity index (χ3v) is 3.51. The van der Waals surface area contributed by atoms with E-state index in [1.807, 2.05) is 5.32 Å². The zero-order chi connectivity index (χ0) is 20.5. The maximum atomic E-state index is 13.7. The summed E-state index contributed by atoms with van der Waals surface area (Å²) in [5.74, 6) is -3.49. The van der Waals surface area contributed by atoms with Gasteiger partial charge in [-0.05, 0) is 18.2 Å². The highest BCUT2D eigenvalue weighted by Gasteiger charge is 2.41. The Hall–Kier alpha value is -3.57. The second-order valence-corrected chi connectivity index (χ2v) is 5.33. The van der Waals surface area contributed by atoms with Crippen molar-refractivity contribution in [2.45, 2.75) is 6.18 Å². The van der Waals surface area contributed by atoms with Gasteiger partial charge in [0, 0.05) is 12.1 Å². The highest BCUT2D eigenvalue weighted by Crippen LogP contribution is 2.34. The summed E-state index contributed by atoms with van der Waals surface area (Å²) in [4.78, 5) is 12.3. The predicted octanol–water partition coefficient (Wildman–Crippen LogP) is 3.22. The fraction of sp³-hybridized carbons (Fsp3) is 0.125. The van der Waals surface area contributed by atoms with Crippen LogP contribution in [0.15, 0.2) is 36.5 Å². The van der Waals surface area contributed by atoms with Crippen LogP contribution in [0, 0.1) is 11.6 Å². The smallest absolute Gasteiger partial charge is 0.434 e. The minimum Gasteiger partial charge on any atom is -0.480 e. The molecule has 1 aromatic carbocycles. The van der Waals surface area contributed by atoms with E-state index in [9.17, 15) is 26.7 Å². The maximum absolute atomic E-state index is 13.7. The molecule has 2 heterocycles. The van der Waals surface area contributed by atoms with E-state index in [1.54, 1.807) is 0 Å². The molecule has 0 unspecified atom stereocenters. The second-order valence-electron chi connectivity index (χ2n) is 5.33. The van der Waals surface area contributed by atoms with E-state index < -0.39 is 40.7 Å². The number of methoxy groups -OCH3 is 1. The number of nitrogens with zero attached hydrogens (tertiary/aromatic N) is 4. The number of carbonyl (C=O) groups is 1. The van der Waals surface area contributed by atoms with Gasteiger partial charge in [0.05, 0.1) is 24.6 Å². The number of rotatable bonds is 4. The Morgan fingerprint density at radius 2 is 1.89 bits per heavy atom. The standard InChI is InChI=1S/C16H10F5N5O2/c1-28-13-5-4-12(24-25-13)26-14(16(19,20)21)9(7-22-26)15(27)23-11-6-8(17)2-3-10(11)18/h2-7H,1H3,(H,23,27). The molecule has 1 N–H and O–H groups in total. The van der Waals surface area contributed by atoms with Gasteiger partial charge in [0.25, 0.3) is 5.91 Å². The van der Waals surface area contributed by atoms with E-state index in [2.05, 4.69) is 15.3 Å². The molecule has 3 rings (SSSR count). The summed E-state index contributed by atoms with van der Waals surface area (Å²) >= 11 is 0. The molecule has 0 spiro atoms. The predicted molar refractivity (Wildman–Crippen MR) is 85.0 cm³/mol. The van der Waals surface area contributed by atoms with Crippen LogP contribution in [0.2, 0.25) is 0 Å². The number of alkyl halides is 3. The van der Waals surface area contributed by atoms with Crippen molar-refractivity contribution in [2.24, 2.45) is 0 Å². The van der Waals surface area contributed by atoms with Crippen molar-refractivity contribution >= 4 is 11.6 Å². The zero-order valence-electron chi connectivity index (χ0n) is 14.0. The van der Waals surface area contributed by atoms with Gasteiger partial charge < -0.3 is 10.1 Å². The average molecular weight is 399 g/mol. The molecule has 7 nitrogen and oxygen atoms in total. The van der Waals surface area contributed by atoms with Crippen LogP contribution in [0.3, 0.4) is 0 Å². The van der Waals surface area contributed by atoms with E-state index in [1.165, 1.54) is 13.2 Å². The van der Waals surface area contributed by atoms with Crippen molar-refractivity contribution in [3.63, 3.8) is 0 Å². The van der Waals surface area contributed by atoms with Crippen molar-refractivity contribution in [1.82, 2.24) is 20.0 Å². The second kappa shape index (κ2) is 7.21. The van der Waals surface area contributed by atoms with Crippen LogP contribution in [-0.2, 0) is 6.18 Å². The normalized spacial score (nSPS) is 11.4. The highest BCUT2D eigenvalue weighted by atomic mass is 19.4. The number of hydrogen-bond acceptors (Lipinski definition) is 5. The van der Waals surface area contributed by atoms with Crippen LogP contribution in [0.4, 0.5) is 27.6 Å². The van der Waals surface area contributed by atoms with Gasteiger partial charge in [0.1, 0.15) is 11.6 Å². The molecule has 0 saturated carbocycles.